The molecule has 0 aromatic carbocycles. The number of nitrogens with one attached hydrogen (secondary N) is 1. The maximum atomic E-state index is 3.78. The van der Waals surface area contributed by atoms with Gasteiger partial charge < -0.3 is 10.2 Å². The van der Waals surface area contributed by atoms with Gasteiger partial charge in [-0.15, -0.1) is 0 Å². The van der Waals surface area contributed by atoms with Crippen LogP contribution in [0.4, 0.5) is 0 Å². The molecule has 0 aromatic heterocycles. The Morgan fingerprint density at radius 2 is 1.76 bits per heavy atom. The number of piperidine rings is 2. The van der Waals surface area contributed by atoms with Crippen LogP contribution < -0.4 is 5.32 Å². The van der Waals surface area contributed by atoms with Crippen molar-refractivity contribution in [2.24, 2.45) is 5.92 Å². The van der Waals surface area contributed by atoms with E-state index in [9.17, 15) is 0 Å². The highest BCUT2D eigenvalue weighted by molar-refractivity contribution is 4.94. The van der Waals surface area contributed by atoms with Crippen molar-refractivity contribution in [3.8, 4) is 0 Å². The molecule has 0 spiro atoms. The molecule has 3 aliphatic heterocycles. The molecule has 1 N–H and O–H groups in total. The normalized spacial score (nSPS) is 33.9. The Balaban J connectivity index is 1.54. The fourth-order valence-corrected chi connectivity index (χ4v) is 4.86. The maximum absolute atomic E-state index is 3.78. The first-order valence-corrected chi connectivity index (χ1v) is 9.45. The van der Waals surface area contributed by atoms with Crippen LogP contribution in [0.3, 0.4) is 0 Å². The van der Waals surface area contributed by atoms with Crippen LogP contribution in [-0.2, 0) is 0 Å². The van der Waals surface area contributed by atoms with Gasteiger partial charge >= 0.3 is 0 Å². The molecule has 3 nitrogen and oxygen atoms in total. The molecule has 0 radical (unpaired) electrons. The third kappa shape index (κ3) is 4.00. The first kappa shape index (κ1) is 15.8. The fraction of sp³-hybridized carbons (Fsp3) is 1.00. The summed E-state index contributed by atoms with van der Waals surface area (Å²) in [4.78, 5) is 5.60. The van der Waals surface area contributed by atoms with Crippen molar-refractivity contribution in [3.63, 3.8) is 0 Å². The summed E-state index contributed by atoms with van der Waals surface area (Å²) in [5, 5.41) is 3.78. The van der Waals surface area contributed by atoms with Gasteiger partial charge in [-0.05, 0) is 70.6 Å². The van der Waals surface area contributed by atoms with Gasteiger partial charge in [0.1, 0.15) is 0 Å². The van der Waals surface area contributed by atoms with Crippen LogP contribution in [-0.4, -0.2) is 60.6 Å². The van der Waals surface area contributed by atoms with E-state index in [2.05, 4.69) is 29.0 Å². The summed E-state index contributed by atoms with van der Waals surface area (Å²) in [6.07, 6.45) is 9.91. The van der Waals surface area contributed by atoms with Crippen molar-refractivity contribution in [2.45, 2.75) is 76.9 Å². The zero-order chi connectivity index (χ0) is 14.7. The van der Waals surface area contributed by atoms with E-state index in [0.717, 1.165) is 24.0 Å². The van der Waals surface area contributed by atoms with E-state index < -0.39 is 0 Å². The lowest BCUT2D eigenvalue weighted by Gasteiger charge is -2.47. The van der Waals surface area contributed by atoms with Gasteiger partial charge in [0.05, 0.1) is 0 Å². The van der Waals surface area contributed by atoms with E-state index in [1.807, 2.05) is 0 Å². The highest BCUT2D eigenvalue weighted by Crippen LogP contribution is 2.29. The second-order valence-electron chi connectivity index (χ2n) is 7.93. The van der Waals surface area contributed by atoms with Crippen LogP contribution >= 0.6 is 0 Å². The van der Waals surface area contributed by atoms with Crippen molar-refractivity contribution in [3.05, 3.63) is 0 Å². The Kier molecular flexibility index (Phi) is 5.58. The van der Waals surface area contributed by atoms with Crippen LogP contribution in [0.2, 0.25) is 0 Å². The maximum Gasteiger partial charge on any atom is 0.0252 e. The molecule has 3 rings (SSSR count). The Hall–Kier alpha value is -0.120. The SMILES string of the molecule is CC(C)CN1CCC(N2CCCCC2C2CCCN2)CC1. The highest BCUT2D eigenvalue weighted by atomic mass is 15.2. The lowest BCUT2D eigenvalue weighted by molar-refractivity contribution is 0.0344. The van der Waals surface area contributed by atoms with Gasteiger partial charge in [-0.3, -0.25) is 4.90 Å². The second-order valence-corrected chi connectivity index (χ2v) is 7.93. The van der Waals surface area contributed by atoms with Gasteiger partial charge in [-0.25, -0.2) is 0 Å². The molecule has 2 unspecified atom stereocenters. The Morgan fingerprint density at radius 1 is 0.952 bits per heavy atom. The molecule has 21 heavy (non-hydrogen) atoms. The van der Waals surface area contributed by atoms with Gasteiger partial charge in [0.2, 0.25) is 0 Å². The molecule has 3 fully saturated rings. The predicted octanol–water partition coefficient (Wildman–Crippen LogP) is 2.71. The summed E-state index contributed by atoms with van der Waals surface area (Å²) in [6, 6.07) is 2.49. The van der Waals surface area contributed by atoms with Gasteiger partial charge in [-0.1, -0.05) is 20.3 Å². The van der Waals surface area contributed by atoms with E-state index in [4.69, 9.17) is 0 Å². The summed E-state index contributed by atoms with van der Waals surface area (Å²) >= 11 is 0. The van der Waals surface area contributed by atoms with Gasteiger partial charge in [0.25, 0.3) is 0 Å². The van der Waals surface area contributed by atoms with Crippen molar-refractivity contribution in [2.75, 3.05) is 32.7 Å². The molecule has 0 saturated carbocycles. The van der Waals surface area contributed by atoms with Gasteiger partial charge in [0.15, 0.2) is 0 Å². The molecule has 3 heteroatoms. The minimum atomic E-state index is 0.791. The summed E-state index contributed by atoms with van der Waals surface area (Å²) in [5.74, 6) is 0.812. The topological polar surface area (TPSA) is 18.5 Å². The van der Waals surface area contributed by atoms with E-state index in [0.29, 0.717) is 0 Å². The summed E-state index contributed by atoms with van der Waals surface area (Å²) in [7, 11) is 0. The molecule has 3 saturated heterocycles. The van der Waals surface area contributed by atoms with Crippen molar-refractivity contribution in [1.29, 1.82) is 0 Å². The number of likely N-dealkylation sites (tertiary alicyclic amines) is 2. The first-order valence-electron chi connectivity index (χ1n) is 9.45. The van der Waals surface area contributed by atoms with Crippen molar-refractivity contribution >= 4 is 0 Å². The number of nitrogens with zero attached hydrogens (tertiary/aromatic N) is 2. The third-order valence-electron chi connectivity index (χ3n) is 5.80. The zero-order valence-electron chi connectivity index (χ0n) is 14.2. The fourth-order valence-electron chi connectivity index (χ4n) is 4.86. The summed E-state index contributed by atoms with van der Waals surface area (Å²) in [5.41, 5.74) is 0. The number of rotatable bonds is 4. The average molecular weight is 293 g/mol. The molecular weight excluding hydrogens is 258 g/mol. The Bertz CT molecular complexity index is 304. The molecule has 3 aliphatic rings. The molecule has 0 aromatic rings. The minimum absolute atomic E-state index is 0.791. The minimum Gasteiger partial charge on any atom is -0.312 e. The largest absolute Gasteiger partial charge is 0.312 e. The average Bonchev–Trinajstić information content (AvgIpc) is 3.02. The highest BCUT2D eigenvalue weighted by Gasteiger charge is 2.36. The number of hydrogen-bond donors (Lipinski definition) is 1. The molecule has 0 amide bonds. The standard InChI is InChI=1S/C18H35N3/c1-15(2)14-20-12-8-16(9-13-20)21-11-4-3-7-18(21)17-6-5-10-19-17/h15-19H,3-14H2,1-2H3. The first-order chi connectivity index (χ1) is 10.2. The molecule has 0 aliphatic carbocycles. The lowest BCUT2D eigenvalue weighted by atomic mass is 9.90. The second kappa shape index (κ2) is 7.43. The third-order valence-corrected chi connectivity index (χ3v) is 5.80. The Labute approximate surface area is 131 Å². The lowest BCUT2D eigenvalue weighted by Crippen LogP contribution is -2.56. The monoisotopic (exact) mass is 293 g/mol. The van der Waals surface area contributed by atoms with Gasteiger partial charge in [0, 0.05) is 24.7 Å². The zero-order valence-corrected chi connectivity index (χ0v) is 14.2. The van der Waals surface area contributed by atoms with Crippen molar-refractivity contribution < 1.29 is 0 Å². The van der Waals surface area contributed by atoms with E-state index in [1.54, 1.807) is 0 Å². The van der Waals surface area contributed by atoms with Crippen LogP contribution in [0.1, 0.15) is 58.8 Å². The molecule has 2 atom stereocenters. The quantitative estimate of drug-likeness (QED) is 0.860. The van der Waals surface area contributed by atoms with Gasteiger partial charge in [-0.2, -0.15) is 0 Å². The molecular formula is C18H35N3. The smallest absolute Gasteiger partial charge is 0.0252 e. The summed E-state index contributed by atoms with van der Waals surface area (Å²) < 4.78 is 0. The molecule has 122 valence electrons. The Morgan fingerprint density at radius 3 is 2.43 bits per heavy atom. The molecule has 3 heterocycles. The van der Waals surface area contributed by atoms with Crippen LogP contribution in [0.25, 0.3) is 0 Å². The van der Waals surface area contributed by atoms with Crippen molar-refractivity contribution in [1.82, 2.24) is 15.1 Å². The van der Waals surface area contributed by atoms with E-state index in [1.165, 1.54) is 77.7 Å². The number of hydrogen-bond acceptors (Lipinski definition) is 3. The van der Waals surface area contributed by atoms with Crippen LogP contribution in [0.5, 0.6) is 0 Å². The molecule has 0 bridgehead atoms. The predicted molar refractivity (Wildman–Crippen MR) is 89.7 cm³/mol. The van der Waals surface area contributed by atoms with Crippen LogP contribution in [0.15, 0.2) is 0 Å². The van der Waals surface area contributed by atoms with Crippen LogP contribution in [0, 0.1) is 5.92 Å². The van der Waals surface area contributed by atoms with E-state index in [-0.39, 0.29) is 0 Å². The summed E-state index contributed by atoms with van der Waals surface area (Å²) in [6.45, 7) is 11.2. The van der Waals surface area contributed by atoms with E-state index >= 15 is 0 Å².